The molecule has 1 amide bonds. The number of hydrogen-bond donors (Lipinski definition) is 2. The van der Waals surface area contributed by atoms with E-state index < -0.39 is 12.1 Å². The second kappa shape index (κ2) is 7.70. The van der Waals surface area contributed by atoms with Gasteiger partial charge in [-0.25, -0.2) is 0 Å². The first kappa shape index (κ1) is 20.8. The summed E-state index contributed by atoms with van der Waals surface area (Å²) in [5.74, 6) is -2.26. The van der Waals surface area contributed by atoms with Crippen LogP contribution in [0.4, 0.5) is 13.2 Å². The maximum absolute atomic E-state index is 10.7. The SMILES string of the molecule is CC(O)C[N+](C)(C)C.NC(=O)C(F)(F)F.[Cl-]. The van der Waals surface area contributed by atoms with Crippen molar-refractivity contribution in [2.45, 2.75) is 19.2 Å². The highest BCUT2D eigenvalue weighted by molar-refractivity contribution is 5.79. The fraction of sp³-hybridized carbons (Fsp3) is 0.875. The van der Waals surface area contributed by atoms with E-state index in [0.29, 0.717) is 0 Å². The smallest absolute Gasteiger partial charge is 0.470 e. The van der Waals surface area contributed by atoms with Gasteiger partial charge in [0.2, 0.25) is 0 Å². The standard InChI is InChI=1S/C6H16NO.C2H2F3NO.ClH/c1-6(8)5-7(2,3)4;3-2(4,5)1(6)7;/h6,8H,5H2,1-4H3;(H2,6,7);1H/q+1;;/p-1. The number of likely N-dealkylation sites (N-methyl/N-ethyl adjacent to an activating group) is 1. The second-order valence-corrected chi connectivity index (χ2v) is 4.18. The number of amides is 1. The van der Waals surface area contributed by atoms with Crippen molar-refractivity contribution >= 4 is 5.91 Å². The van der Waals surface area contributed by atoms with Crippen molar-refractivity contribution in [3.05, 3.63) is 0 Å². The number of alkyl halides is 3. The molecule has 100 valence electrons. The van der Waals surface area contributed by atoms with Crippen molar-refractivity contribution in [2.24, 2.45) is 5.73 Å². The van der Waals surface area contributed by atoms with Crippen molar-refractivity contribution in [1.82, 2.24) is 0 Å². The maximum Gasteiger partial charge on any atom is 0.470 e. The summed E-state index contributed by atoms with van der Waals surface area (Å²) in [4.78, 5) is 9.12. The summed E-state index contributed by atoms with van der Waals surface area (Å²) in [7, 11) is 6.19. The zero-order valence-corrected chi connectivity index (χ0v) is 10.4. The number of carbonyl (C=O) groups is 1. The molecule has 0 aliphatic heterocycles. The van der Waals surface area contributed by atoms with Crippen LogP contribution in [0.3, 0.4) is 0 Å². The Labute approximate surface area is 99.2 Å². The number of carbonyl (C=O) groups excluding carboxylic acids is 1. The molecule has 0 fully saturated rings. The molecule has 8 heteroatoms. The van der Waals surface area contributed by atoms with Crippen LogP contribution in [0.2, 0.25) is 0 Å². The highest BCUT2D eigenvalue weighted by atomic mass is 35.5. The highest BCUT2D eigenvalue weighted by Crippen LogP contribution is 2.11. The van der Waals surface area contributed by atoms with Crippen LogP contribution in [0.1, 0.15) is 6.92 Å². The second-order valence-electron chi connectivity index (χ2n) is 4.18. The molecule has 3 N–H and O–H groups in total. The predicted molar refractivity (Wildman–Crippen MR) is 49.8 cm³/mol. The Kier molecular flexibility index (Phi) is 10.0. The minimum absolute atomic E-state index is 0. The van der Waals surface area contributed by atoms with E-state index in [1.807, 2.05) is 6.92 Å². The van der Waals surface area contributed by atoms with Crippen molar-refractivity contribution < 1.29 is 40.0 Å². The molecule has 0 saturated heterocycles. The molecule has 0 rings (SSSR count). The van der Waals surface area contributed by atoms with Crippen LogP contribution in [0.5, 0.6) is 0 Å². The summed E-state index contributed by atoms with van der Waals surface area (Å²) in [5.41, 5.74) is 3.81. The van der Waals surface area contributed by atoms with Crippen LogP contribution in [0, 0.1) is 0 Å². The lowest BCUT2D eigenvalue weighted by molar-refractivity contribution is -0.873. The molecule has 1 atom stereocenters. The van der Waals surface area contributed by atoms with Gasteiger partial charge in [0.1, 0.15) is 12.6 Å². The highest BCUT2D eigenvalue weighted by Gasteiger charge is 2.35. The molecule has 0 radical (unpaired) electrons. The molecule has 0 saturated carbocycles. The first-order chi connectivity index (χ1) is 6.36. The molecular formula is C8H18ClF3N2O2. The van der Waals surface area contributed by atoms with Gasteiger partial charge in [-0.3, -0.25) is 4.79 Å². The lowest BCUT2D eigenvalue weighted by Crippen LogP contribution is -3.00. The van der Waals surface area contributed by atoms with Crippen LogP contribution < -0.4 is 18.1 Å². The Morgan fingerprint density at radius 3 is 1.62 bits per heavy atom. The molecule has 0 aromatic heterocycles. The largest absolute Gasteiger partial charge is 1.00 e. The van der Waals surface area contributed by atoms with Crippen LogP contribution in [0.15, 0.2) is 0 Å². The zero-order chi connectivity index (χ0) is 12.9. The van der Waals surface area contributed by atoms with E-state index in [2.05, 4.69) is 26.9 Å². The van der Waals surface area contributed by atoms with Gasteiger partial charge in [-0.2, -0.15) is 13.2 Å². The molecule has 0 heterocycles. The molecule has 16 heavy (non-hydrogen) atoms. The van der Waals surface area contributed by atoms with E-state index >= 15 is 0 Å². The van der Waals surface area contributed by atoms with E-state index in [9.17, 15) is 13.2 Å². The van der Waals surface area contributed by atoms with Crippen molar-refractivity contribution in [3.8, 4) is 0 Å². The van der Waals surface area contributed by atoms with Gasteiger partial charge in [0.05, 0.1) is 21.1 Å². The fourth-order valence-corrected chi connectivity index (χ4v) is 0.793. The monoisotopic (exact) mass is 266 g/mol. The number of aliphatic hydroxyl groups is 1. The lowest BCUT2D eigenvalue weighted by atomic mass is 10.3. The summed E-state index contributed by atoms with van der Waals surface area (Å²) >= 11 is 0. The number of halogens is 4. The Hall–Kier alpha value is -0.530. The quantitative estimate of drug-likeness (QED) is 0.527. The van der Waals surface area contributed by atoms with E-state index in [4.69, 9.17) is 9.90 Å². The molecule has 0 aromatic rings. The van der Waals surface area contributed by atoms with Crippen LogP contribution in [-0.4, -0.2) is 55.5 Å². The Bertz CT molecular complexity index is 202. The molecule has 4 nitrogen and oxygen atoms in total. The molecule has 0 aliphatic carbocycles. The van der Waals surface area contributed by atoms with E-state index in [1.54, 1.807) is 0 Å². The van der Waals surface area contributed by atoms with Gasteiger partial charge in [-0.1, -0.05) is 0 Å². The Morgan fingerprint density at radius 1 is 1.38 bits per heavy atom. The van der Waals surface area contributed by atoms with Gasteiger partial charge in [0.25, 0.3) is 0 Å². The van der Waals surface area contributed by atoms with E-state index in [0.717, 1.165) is 11.0 Å². The number of nitrogens with two attached hydrogens (primary N) is 1. The minimum Gasteiger partial charge on any atom is -1.00 e. The van der Waals surface area contributed by atoms with Crippen LogP contribution in [-0.2, 0) is 4.79 Å². The van der Waals surface area contributed by atoms with Gasteiger partial charge in [-0.05, 0) is 6.92 Å². The molecular weight excluding hydrogens is 249 g/mol. The number of nitrogens with zero attached hydrogens (tertiary/aromatic N) is 1. The molecule has 0 bridgehead atoms. The van der Waals surface area contributed by atoms with Crippen molar-refractivity contribution in [2.75, 3.05) is 27.7 Å². The number of rotatable bonds is 2. The maximum atomic E-state index is 10.7. The van der Waals surface area contributed by atoms with Gasteiger partial charge in [-0.15, -0.1) is 0 Å². The summed E-state index contributed by atoms with van der Waals surface area (Å²) < 4.78 is 32.9. The third-order valence-electron chi connectivity index (χ3n) is 1.09. The number of hydrogen-bond acceptors (Lipinski definition) is 2. The minimum atomic E-state index is -4.86. The third kappa shape index (κ3) is 19.1. The van der Waals surface area contributed by atoms with E-state index in [1.165, 1.54) is 0 Å². The average molecular weight is 267 g/mol. The Balaban J connectivity index is -0.000000200. The van der Waals surface area contributed by atoms with Crippen molar-refractivity contribution in [3.63, 3.8) is 0 Å². The molecule has 0 aliphatic rings. The molecule has 1 unspecified atom stereocenters. The van der Waals surface area contributed by atoms with Gasteiger partial charge < -0.3 is 27.7 Å². The summed E-state index contributed by atoms with van der Waals surface area (Å²) in [6.07, 6.45) is -5.05. The first-order valence-corrected chi connectivity index (χ1v) is 4.21. The first-order valence-electron chi connectivity index (χ1n) is 4.21. The van der Waals surface area contributed by atoms with Crippen LogP contribution >= 0.6 is 0 Å². The van der Waals surface area contributed by atoms with Gasteiger partial charge in [0.15, 0.2) is 0 Å². The summed E-state index contributed by atoms with van der Waals surface area (Å²) in [6.45, 7) is 2.63. The summed E-state index contributed by atoms with van der Waals surface area (Å²) in [6, 6.07) is 0. The van der Waals surface area contributed by atoms with Crippen molar-refractivity contribution in [1.29, 1.82) is 0 Å². The number of quaternary nitrogens is 1. The zero-order valence-electron chi connectivity index (χ0n) is 9.68. The Morgan fingerprint density at radius 2 is 1.62 bits per heavy atom. The van der Waals surface area contributed by atoms with Crippen LogP contribution in [0.25, 0.3) is 0 Å². The fourth-order valence-electron chi connectivity index (χ4n) is 0.793. The topological polar surface area (TPSA) is 63.3 Å². The number of aliphatic hydroxyl groups excluding tert-OH is 1. The molecule has 0 aromatic carbocycles. The molecule has 0 spiro atoms. The van der Waals surface area contributed by atoms with E-state index in [-0.39, 0.29) is 18.5 Å². The third-order valence-corrected chi connectivity index (χ3v) is 1.09. The average Bonchev–Trinajstić information content (AvgIpc) is 1.78. The summed E-state index contributed by atoms with van der Waals surface area (Å²) in [5, 5.41) is 8.87. The van der Waals surface area contributed by atoms with Gasteiger partial charge >= 0.3 is 12.1 Å². The normalized spacial score (nSPS) is 13.0. The lowest BCUT2D eigenvalue weighted by Gasteiger charge is -2.24. The number of primary amides is 1. The van der Waals surface area contributed by atoms with Gasteiger partial charge in [0, 0.05) is 0 Å². The predicted octanol–water partition coefficient (Wildman–Crippen LogP) is -2.89.